The Labute approximate surface area is 183 Å². The van der Waals surface area contributed by atoms with Gasteiger partial charge in [-0.15, -0.1) is 0 Å². The van der Waals surface area contributed by atoms with Gasteiger partial charge in [0.25, 0.3) is 0 Å². The van der Waals surface area contributed by atoms with Gasteiger partial charge in [-0.1, -0.05) is 0 Å². The third kappa shape index (κ3) is 10.0. The molecule has 176 valence electrons. The van der Waals surface area contributed by atoms with Crippen molar-refractivity contribution in [3.8, 4) is 0 Å². The van der Waals surface area contributed by atoms with Gasteiger partial charge in [-0.3, -0.25) is 0 Å². The minimum absolute atomic E-state index is 0.0425. The average molecular weight is 460 g/mol. The van der Waals surface area contributed by atoms with Gasteiger partial charge in [-0.25, -0.2) is 0 Å². The monoisotopic (exact) mass is 460 g/mol. The van der Waals surface area contributed by atoms with E-state index >= 15 is 0 Å². The first-order chi connectivity index (χ1) is 13.5. The van der Waals surface area contributed by atoms with Gasteiger partial charge in [0.2, 0.25) is 0 Å². The zero-order valence-electron chi connectivity index (χ0n) is 20.4. The number of ether oxygens (including phenoxy) is 4. The van der Waals surface area contributed by atoms with Gasteiger partial charge >= 0.3 is 183 Å². The van der Waals surface area contributed by atoms with E-state index in [4.69, 9.17) is 32.2 Å². The number of hydrogen-bond acceptors (Lipinski definition) is 8. The van der Waals surface area contributed by atoms with Gasteiger partial charge in [0, 0.05) is 0 Å². The Bertz CT molecular complexity index is 342. The van der Waals surface area contributed by atoms with Gasteiger partial charge in [-0.2, -0.15) is 0 Å². The zero-order valence-corrected chi connectivity index (χ0v) is 21.9. The molecule has 0 fully saturated rings. The summed E-state index contributed by atoms with van der Waals surface area (Å²) in [7, 11) is 6.33. The molecule has 0 aliphatic heterocycles. The van der Waals surface area contributed by atoms with Crippen LogP contribution in [-0.2, 0) is 50.4 Å². The molecule has 0 spiro atoms. The van der Waals surface area contributed by atoms with Crippen molar-refractivity contribution in [2.75, 3.05) is 28.4 Å². The Morgan fingerprint density at radius 3 is 0.655 bits per heavy atom. The molecule has 0 rings (SSSR count). The molecule has 0 radical (unpaired) electrons. The molecule has 8 nitrogen and oxygen atoms in total. The molecule has 0 aliphatic carbocycles. The molecule has 0 saturated heterocycles. The predicted molar refractivity (Wildman–Crippen MR) is 107 cm³/mol. The molecule has 0 aromatic rings. The van der Waals surface area contributed by atoms with E-state index in [1.807, 2.05) is 55.4 Å². The summed E-state index contributed by atoms with van der Waals surface area (Å²) in [5, 5.41) is 0. The van der Waals surface area contributed by atoms with Crippen LogP contribution in [0.5, 0.6) is 0 Å². The molecule has 0 aromatic carbocycles. The number of methoxy groups -OCH3 is 4. The van der Waals surface area contributed by atoms with E-state index in [0.29, 0.717) is 0 Å². The summed E-state index contributed by atoms with van der Waals surface area (Å²) in [5.41, 5.74) is 0. The molecule has 29 heavy (non-hydrogen) atoms. The van der Waals surface area contributed by atoms with E-state index in [2.05, 4.69) is 0 Å². The molecule has 0 saturated carbocycles. The fourth-order valence-corrected chi connectivity index (χ4v) is 7.16. The minimum atomic E-state index is -4.55. The van der Waals surface area contributed by atoms with E-state index in [-0.39, 0.29) is 23.7 Å². The van der Waals surface area contributed by atoms with E-state index in [9.17, 15) is 0 Å². The standard InChI is InChI=1S/4C5H11O2.Ti/c4*1-4(2)5(6)7-3;/h4*4-5H,1-3H3;/q4*-1;+4. The summed E-state index contributed by atoms with van der Waals surface area (Å²) in [6, 6.07) is 0. The van der Waals surface area contributed by atoms with Crippen LogP contribution in [0.4, 0.5) is 0 Å². The Kier molecular flexibility index (Phi) is 14.7. The molecule has 0 heterocycles. The summed E-state index contributed by atoms with van der Waals surface area (Å²) in [6.45, 7) is 15.9. The third-order valence-electron chi connectivity index (χ3n) is 4.15. The normalized spacial score (nSPS) is 19.0. The van der Waals surface area contributed by atoms with Crippen LogP contribution in [-0.4, -0.2) is 53.6 Å². The van der Waals surface area contributed by atoms with Crippen molar-refractivity contribution in [1.29, 1.82) is 0 Å². The van der Waals surface area contributed by atoms with Gasteiger partial charge in [0.05, 0.1) is 0 Å². The molecule has 0 aliphatic rings. The second kappa shape index (κ2) is 14.5. The second-order valence-corrected chi connectivity index (χ2v) is 11.4. The molecular formula is C20H44O8Ti. The van der Waals surface area contributed by atoms with Crippen LogP contribution in [0, 0.1) is 23.7 Å². The Hall–Kier alpha value is 0.394. The summed E-state index contributed by atoms with van der Waals surface area (Å²) in [6.07, 6.45) is -2.36. The molecule has 4 unspecified atom stereocenters. The van der Waals surface area contributed by atoms with Crippen LogP contribution in [0.3, 0.4) is 0 Å². The molecule has 4 atom stereocenters. The van der Waals surface area contributed by atoms with Crippen LogP contribution < -0.4 is 0 Å². The maximum atomic E-state index is 6.35. The van der Waals surface area contributed by atoms with Crippen molar-refractivity contribution >= 4 is 0 Å². The summed E-state index contributed by atoms with van der Waals surface area (Å²) < 4.78 is 47.6. The van der Waals surface area contributed by atoms with Crippen LogP contribution in [0.2, 0.25) is 0 Å². The van der Waals surface area contributed by atoms with Crippen molar-refractivity contribution in [2.24, 2.45) is 23.7 Å². The maximum absolute atomic E-state index is 6.35. The van der Waals surface area contributed by atoms with Crippen molar-refractivity contribution in [2.45, 2.75) is 80.6 Å². The van der Waals surface area contributed by atoms with Crippen LogP contribution >= 0.6 is 0 Å². The Morgan fingerprint density at radius 2 is 0.552 bits per heavy atom. The first-order valence-electron chi connectivity index (χ1n) is 10.3. The Balaban J connectivity index is 6.23. The average Bonchev–Trinajstić information content (AvgIpc) is 2.65. The molecular weight excluding hydrogens is 416 g/mol. The topological polar surface area (TPSA) is 73.8 Å². The van der Waals surface area contributed by atoms with Crippen LogP contribution in [0.15, 0.2) is 0 Å². The SMILES string of the molecule is COC([O][Ti]([O]C(OC)C(C)C)([O]C(OC)C(C)C)[O]C(OC)C(C)C)C(C)C. The van der Waals surface area contributed by atoms with Crippen molar-refractivity contribution < 1.29 is 50.4 Å². The first-order valence-corrected chi connectivity index (χ1v) is 12.8. The van der Waals surface area contributed by atoms with Crippen molar-refractivity contribution in [1.82, 2.24) is 0 Å². The van der Waals surface area contributed by atoms with Gasteiger partial charge < -0.3 is 0 Å². The summed E-state index contributed by atoms with van der Waals surface area (Å²) in [4.78, 5) is 0. The van der Waals surface area contributed by atoms with E-state index in [1.54, 1.807) is 28.4 Å². The molecule has 0 N–H and O–H groups in total. The van der Waals surface area contributed by atoms with E-state index in [1.165, 1.54) is 0 Å². The second-order valence-electron chi connectivity index (χ2n) is 8.36. The first kappa shape index (κ1) is 29.4. The summed E-state index contributed by atoms with van der Waals surface area (Å²) in [5.74, 6) is 0.170. The number of hydrogen-bond donors (Lipinski definition) is 0. The van der Waals surface area contributed by atoms with E-state index < -0.39 is 43.3 Å². The fourth-order valence-electron chi connectivity index (χ4n) is 2.56. The number of rotatable bonds is 16. The van der Waals surface area contributed by atoms with Crippen LogP contribution in [0.25, 0.3) is 0 Å². The van der Waals surface area contributed by atoms with Crippen molar-refractivity contribution in [3.63, 3.8) is 0 Å². The molecule has 0 amide bonds. The van der Waals surface area contributed by atoms with Gasteiger partial charge in [0.15, 0.2) is 0 Å². The summed E-state index contributed by atoms with van der Waals surface area (Å²) >= 11 is -4.55. The van der Waals surface area contributed by atoms with Gasteiger partial charge in [0.1, 0.15) is 0 Å². The van der Waals surface area contributed by atoms with Gasteiger partial charge in [-0.05, 0) is 0 Å². The van der Waals surface area contributed by atoms with E-state index in [0.717, 1.165) is 0 Å². The Morgan fingerprint density at radius 1 is 0.379 bits per heavy atom. The predicted octanol–water partition coefficient (Wildman–Crippen LogP) is 4.38. The zero-order chi connectivity index (χ0) is 22.8. The molecule has 9 heteroatoms. The molecule has 0 aromatic heterocycles. The van der Waals surface area contributed by atoms with Crippen LogP contribution in [0.1, 0.15) is 55.4 Å². The van der Waals surface area contributed by atoms with Crippen molar-refractivity contribution in [3.05, 3.63) is 0 Å². The molecule has 0 bridgehead atoms. The third-order valence-corrected chi connectivity index (χ3v) is 7.40. The quantitative estimate of drug-likeness (QED) is 0.248. The fraction of sp³-hybridized carbons (Fsp3) is 1.00.